The summed E-state index contributed by atoms with van der Waals surface area (Å²) in [6.45, 7) is 1.67. The highest BCUT2D eigenvalue weighted by atomic mass is 16.5. The van der Waals surface area contributed by atoms with Crippen LogP contribution in [0.3, 0.4) is 0 Å². The molecule has 0 radical (unpaired) electrons. The lowest BCUT2D eigenvalue weighted by Gasteiger charge is -2.04. The SMILES string of the molecule is O=CCCCCCCOCCCCCCCCC(=O)O. The van der Waals surface area contributed by atoms with E-state index < -0.39 is 5.97 Å². The van der Waals surface area contributed by atoms with Crippen LogP contribution in [0.25, 0.3) is 0 Å². The molecule has 20 heavy (non-hydrogen) atoms. The number of carbonyl (C=O) groups excluding carboxylic acids is 1. The van der Waals surface area contributed by atoms with Gasteiger partial charge in [-0.15, -0.1) is 0 Å². The number of hydrogen-bond donors (Lipinski definition) is 1. The fourth-order valence-electron chi connectivity index (χ4n) is 2.07. The highest BCUT2D eigenvalue weighted by Gasteiger charge is 1.96. The smallest absolute Gasteiger partial charge is 0.303 e. The van der Waals surface area contributed by atoms with Gasteiger partial charge in [-0.25, -0.2) is 0 Å². The second kappa shape index (κ2) is 16.2. The van der Waals surface area contributed by atoms with Gasteiger partial charge in [0, 0.05) is 26.1 Å². The number of rotatable bonds is 16. The number of carboxylic acid groups (broad SMARTS) is 1. The minimum Gasteiger partial charge on any atom is -0.481 e. The van der Waals surface area contributed by atoms with E-state index in [2.05, 4.69) is 0 Å². The number of aliphatic carboxylic acids is 1. The van der Waals surface area contributed by atoms with Gasteiger partial charge in [0.2, 0.25) is 0 Å². The van der Waals surface area contributed by atoms with Gasteiger partial charge in [0.25, 0.3) is 0 Å². The maximum Gasteiger partial charge on any atom is 0.303 e. The van der Waals surface area contributed by atoms with E-state index in [-0.39, 0.29) is 0 Å². The summed E-state index contributed by atoms with van der Waals surface area (Å²) >= 11 is 0. The Balaban J connectivity index is 2.95. The third kappa shape index (κ3) is 17.1. The van der Waals surface area contributed by atoms with Crippen molar-refractivity contribution in [3.8, 4) is 0 Å². The molecule has 0 bridgehead atoms. The van der Waals surface area contributed by atoms with E-state index in [4.69, 9.17) is 9.84 Å². The molecule has 0 heterocycles. The molecule has 0 spiro atoms. The molecule has 0 aliphatic heterocycles. The largest absolute Gasteiger partial charge is 0.481 e. The molecule has 0 aromatic heterocycles. The third-order valence-electron chi connectivity index (χ3n) is 3.29. The first-order valence-corrected chi connectivity index (χ1v) is 8.00. The standard InChI is InChI=1S/C16H30O4/c17-13-9-5-3-7-11-15-20-14-10-6-2-1-4-8-12-16(18)19/h13H,1-12,14-15H2,(H,18,19). The zero-order valence-electron chi connectivity index (χ0n) is 12.6. The quantitative estimate of drug-likeness (QED) is 0.344. The Morgan fingerprint density at radius 1 is 0.800 bits per heavy atom. The Morgan fingerprint density at radius 3 is 1.85 bits per heavy atom. The molecule has 0 rings (SSSR count). The van der Waals surface area contributed by atoms with Crippen molar-refractivity contribution in [2.75, 3.05) is 13.2 Å². The van der Waals surface area contributed by atoms with Gasteiger partial charge in [-0.2, -0.15) is 0 Å². The van der Waals surface area contributed by atoms with E-state index >= 15 is 0 Å². The van der Waals surface area contributed by atoms with Crippen LogP contribution in [0, 0.1) is 0 Å². The normalized spacial score (nSPS) is 10.6. The van der Waals surface area contributed by atoms with Crippen LogP contribution in [0.2, 0.25) is 0 Å². The molecule has 4 heteroatoms. The fraction of sp³-hybridized carbons (Fsp3) is 0.875. The summed E-state index contributed by atoms with van der Waals surface area (Å²) in [7, 11) is 0. The van der Waals surface area contributed by atoms with Crippen molar-refractivity contribution in [3.63, 3.8) is 0 Å². The number of unbranched alkanes of at least 4 members (excludes halogenated alkanes) is 9. The first-order valence-electron chi connectivity index (χ1n) is 8.00. The van der Waals surface area contributed by atoms with Gasteiger partial charge in [0.15, 0.2) is 0 Å². The van der Waals surface area contributed by atoms with E-state index in [1.807, 2.05) is 0 Å². The highest BCUT2D eigenvalue weighted by molar-refractivity contribution is 5.66. The Kier molecular flexibility index (Phi) is 15.4. The number of carbonyl (C=O) groups is 2. The van der Waals surface area contributed by atoms with Crippen LogP contribution in [0.1, 0.15) is 77.0 Å². The number of aldehydes is 1. The van der Waals surface area contributed by atoms with Gasteiger partial charge in [-0.05, 0) is 25.7 Å². The molecule has 4 nitrogen and oxygen atoms in total. The Labute approximate surface area is 122 Å². The maximum absolute atomic E-state index is 10.3. The monoisotopic (exact) mass is 286 g/mol. The van der Waals surface area contributed by atoms with Crippen LogP contribution >= 0.6 is 0 Å². The minimum atomic E-state index is -0.690. The van der Waals surface area contributed by atoms with Crippen LogP contribution in [0.5, 0.6) is 0 Å². The van der Waals surface area contributed by atoms with Crippen molar-refractivity contribution in [2.24, 2.45) is 0 Å². The summed E-state index contributed by atoms with van der Waals surface area (Å²) in [5.41, 5.74) is 0. The zero-order chi connectivity index (χ0) is 14.9. The van der Waals surface area contributed by atoms with E-state index in [9.17, 15) is 9.59 Å². The van der Waals surface area contributed by atoms with Crippen molar-refractivity contribution < 1.29 is 19.4 Å². The number of ether oxygens (including phenoxy) is 1. The van der Waals surface area contributed by atoms with E-state index in [1.165, 1.54) is 12.8 Å². The van der Waals surface area contributed by atoms with Gasteiger partial charge in [0.1, 0.15) is 6.29 Å². The van der Waals surface area contributed by atoms with Crippen LogP contribution in [-0.2, 0) is 14.3 Å². The molecule has 0 unspecified atom stereocenters. The first-order chi connectivity index (χ1) is 9.77. The van der Waals surface area contributed by atoms with Gasteiger partial charge >= 0.3 is 5.97 Å². The second-order valence-electron chi connectivity index (χ2n) is 5.25. The Bertz CT molecular complexity index is 229. The summed E-state index contributed by atoms with van der Waals surface area (Å²) in [6.07, 6.45) is 12.7. The van der Waals surface area contributed by atoms with Crippen molar-refractivity contribution in [2.45, 2.75) is 77.0 Å². The topological polar surface area (TPSA) is 63.6 Å². The predicted octanol–water partition coefficient (Wildman–Crippen LogP) is 3.97. The molecular weight excluding hydrogens is 256 g/mol. The summed E-state index contributed by atoms with van der Waals surface area (Å²) in [4.78, 5) is 20.4. The molecule has 1 N–H and O–H groups in total. The number of hydrogen-bond acceptors (Lipinski definition) is 3. The molecule has 118 valence electrons. The van der Waals surface area contributed by atoms with Gasteiger partial charge < -0.3 is 14.6 Å². The average Bonchev–Trinajstić information content (AvgIpc) is 2.43. The van der Waals surface area contributed by atoms with Crippen molar-refractivity contribution in [1.29, 1.82) is 0 Å². The Morgan fingerprint density at radius 2 is 1.30 bits per heavy atom. The molecular formula is C16H30O4. The molecule has 0 saturated heterocycles. The highest BCUT2D eigenvalue weighted by Crippen LogP contribution is 2.07. The molecule has 0 saturated carbocycles. The summed E-state index contributed by atoms with van der Waals surface area (Å²) in [5.74, 6) is -0.690. The summed E-state index contributed by atoms with van der Waals surface area (Å²) in [6, 6.07) is 0. The minimum absolute atomic E-state index is 0.302. The van der Waals surface area contributed by atoms with Crippen LogP contribution in [-0.4, -0.2) is 30.6 Å². The summed E-state index contributed by atoms with van der Waals surface area (Å²) < 4.78 is 5.55. The molecule has 0 atom stereocenters. The van der Waals surface area contributed by atoms with Crippen LogP contribution in [0.4, 0.5) is 0 Å². The van der Waals surface area contributed by atoms with E-state index in [0.717, 1.165) is 70.9 Å². The van der Waals surface area contributed by atoms with E-state index in [0.29, 0.717) is 12.8 Å². The van der Waals surface area contributed by atoms with Crippen molar-refractivity contribution in [3.05, 3.63) is 0 Å². The predicted molar refractivity (Wildman–Crippen MR) is 79.9 cm³/mol. The van der Waals surface area contributed by atoms with E-state index in [1.54, 1.807) is 0 Å². The molecule has 0 aliphatic rings. The second-order valence-corrected chi connectivity index (χ2v) is 5.25. The van der Waals surface area contributed by atoms with Crippen LogP contribution < -0.4 is 0 Å². The Hall–Kier alpha value is -0.900. The average molecular weight is 286 g/mol. The van der Waals surface area contributed by atoms with Crippen LogP contribution in [0.15, 0.2) is 0 Å². The lowest BCUT2D eigenvalue weighted by Crippen LogP contribution is -1.97. The lowest BCUT2D eigenvalue weighted by molar-refractivity contribution is -0.137. The molecule has 0 aromatic carbocycles. The third-order valence-corrected chi connectivity index (χ3v) is 3.29. The maximum atomic E-state index is 10.3. The molecule has 0 aromatic rings. The van der Waals surface area contributed by atoms with Gasteiger partial charge in [-0.1, -0.05) is 38.5 Å². The molecule has 0 fully saturated rings. The number of carboxylic acids is 1. The lowest BCUT2D eigenvalue weighted by atomic mass is 10.1. The van der Waals surface area contributed by atoms with Crippen molar-refractivity contribution >= 4 is 12.3 Å². The van der Waals surface area contributed by atoms with Crippen molar-refractivity contribution in [1.82, 2.24) is 0 Å². The van der Waals surface area contributed by atoms with Gasteiger partial charge in [0.05, 0.1) is 0 Å². The summed E-state index contributed by atoms with van der Waals surface area (Å²) in [5, 5.41) is 8.49. The molecule has 0 aliphatic carbocycles. The van der Waals surface area contributed by atoms with Gasteiger partial charge in [-0.3, -0.25) is 4.79 Å². The first kappa shape index (κ1) is 19.1. The fourth-order valence-corrected chi connectivity index (χ4v) is 2.07. The molecule has 0 amide bonds. The zero-order valence-corrected chi connectivity index (χ0v) is 12.6.